The Kier molecular flexibility index (Phi) is 3.95. The molecule has 102 valence electrons. The lowest BCUT2D eigenvalue weighted by Gasteiger charge is -2.03. The van der Waals surface area contributed by atoms with Crippen molar-refractivity contribution in [1.82, 2.24) is 0 Å². The first kappa shape index (κ1) is 13.7. The minimum atomic E-state index is -0.763. The van der Waals surface area contributed by atoms with Gasteiger partial charge in [-0.3, -0.25) is 4.79 Å². The van der Waals surface area contributed by atoms with E-state index in [1.54, 1.807) is 30.4 Å². The number of hydrogen-bond acceptors (Lipinski definition) is 4. The van der Waals surface area contributed by atoms with Crippen molar-refractivity contribution in [3.05, 3.63) is 23.1 Å². The normalized spacial score (nSPS) is 12.5. The highest BCUT2D eigenvalue weighted by molar-refractivity contribution is 7.19. The first-order chi connectivity index (χ1) is 9.01. The standard InChI is InChI=1S/C14H16O4S/c1-8(14(16)17)3-4-10-5-9-6-11(15)12(18-2)7-13(9)19-10/h5-8,15H,3-4H2,1-2H3,(H,16,17). The molecule has 4 nitrogen and oxygen atoms in total. The molecule has 0 radical (unpaired) electrons. The number of aryl methyl sites for hydroxylation is 1. The van der Waals surface area contributed by atoms with Crippen molar-refractivity contribution in [2.75, 3.05) is 7.11 Å². The molecule has 1 aromatic heterocycles. The molecule has 0 saturated carbocycles. The van der Waals surface area contributed by atoms with Gasteiger partial charge in [0.1, 0.15) is 0 Å². The summed E-state index contributed by atoms with van der Waals surface area (Å²) in [6.07, 6.45) is 1.35. The second-order valence-electron chi connectivity index (χ2n) is 4.55. The van der Waals surface area contributed by atoms with Crippen LogP contribution in [-0.2, 0) is 11.2 Å². The Bertz CT molecular complexity index is 603. The molecule has 5 heteroatoms. The monoisotopic (exact) mass is 280 g/mol. The molecule has 0 bridgehead atoms. The molecule has 0 aliphatic carbocycles. The summed E-state index contributed by atoms with van der Waals surface area (Å²) in [7, 11) is 1.52. The summed E-state index contributed by atoms with van der Waals surface area (Å²) >= 11 is 1.61. The van der Waals surface area contributed by atoms with Gasteiger partial charge in [0, 0.05) is 15.6 Å². The van der Waals surface area contributed by atoms with Gasteiger partial charge < -0.3 is 14.9 Å². The van der Waals surface area contributed by atoms with Gasteiger partial charge in [0.05, 0.1) is 13.0 Å². The van der Waals surface area contributed by atoms with Crippen molar-refractivity contribution in [2.24, 2.45) is 5.92 Å². The van der Waals surface area contributed by atoms with E-state index in [2.05, 4.69) is 0 Å². The number of rotatable bonds is 5. The van der Waals surface area contributed by atoms with Crippen molar-refractivity contribution < 1.29 is 19.7 Å². The van der Waals surface area contributed by atoms with Crippen molar-refractivity contribution in [3.63, 3.8) is 0 Å². The van der Waals surface area contributed by atoms with Crippen LogP contribution in [0.5, 0.6) is 11.5 Å². The van der Waals surface area contributed by atoms with Gasteiger partial charge in [0.25, 0.3) is 0 Å². The van der Waals surface area contributed by atoms with Crippen LogP contribution >= 0.6 is 11.3 Å². The van der Waals surface area contributed by atoms with E-state index in [0.29, 0.717) is 12.2 Å². The third-order valence-corrected chi connectivity index (χ3v) is 4.27. The minimum absolute atomic E-state index is 0.123. The number of benzene rings is 1. The van der Waals surface area contributed by atoms with E-state index in [4.69, 9.17) is 9.84 Å². The molecule has 0 saturated heterocycles. The molecule has 0 fully saturated rings. The lowest BCUT2D eigenvalue weighted by molar-refractivity contribution is -0.141. The summed E-state index contributed by atoms with van der Waals surface area (Å²) in [6, 6.07) is 5.47. The summed E-state index contributed by atoms with van der Waals surface area (Å²) in [5, 5.41) is 19.5. The van der Waals surface area contributed by atoms with E-state index in [9.17, 15) is 9.90 Å². The van der Waals surface area contributed by atoms with Crippen LogP contribution in [-0.4, -0.2) is 23.3 Å². The van der Waals surface area contributed by atoms with E-state index < -0.39 is 5.97 Å². The fourth-order valence-electron chi connectivity index (χ4n) is 1.88. The van der Waals surface area contributed by atoms with Crippen molar-refractivity contribution in [3.8, 4) is 11.5 Å². The number of carbonyl (C=O) groups is 1. The highest BCUT2D eigenvalue weighted by Crippen LogP contribution is 2.36. The van der Waals surface area contributed by atoms with Crippen LogP contribution in [0.15, 0.2) is 18.2 Å². The molecule has 19 heavy (non-hydrogen) atoms. The molecule has 2 rings (SSSR count). The molecule has 0 spiro atoms. The second kappa shape index (κ2) is 5.48. The Labute approximate surface area is 115 Å². The first-order valence-corrected chi connectivity index (χ1v) is 6.85. The quantitative estimate of drug-likeness (QED) is 0.882. The van der Waals surface area contributed by atoms with E-state index in [0.717, 1.165) is 21.4 Å². The van der Waals surface area contributed by atoms with Crippen LogP contribution in [0.3, 0.4) is 0 Å². The molecule has 1 aromatic carbocycles. The highest BCUT2D eigenvalue weighted by atomic mass is 32.1. The summed E-state index contributed by atoms with van der Waals surface area (Å²) in [5.41, 5.74) is 0. The third kappa shape index (κ3) is 2.98. The SMILES string of the molecule is COc1cc2sc(CCC(C)C(=O)O)cc2cc1O. The Morgan fingerprint density at radius 3 is 2.79 bits per heavy atom. The van der Waals surface area contributed by atoms with E-state index in [1.807, 2.05) is 6.07 Å². The molecule has 1 heterocycles. The van der Waals surface area contributed by atoms with Crippen LogP contribution in [0.4, 0.5) is 0 Å². The van der Waals surface area contributed by atoms with Gasteiger partial charge in [-0.25, -0.2) is 0 Å². The number of aliphatic carboxylic acids is 1. The smallest absolute Gasteiger partial charge is 0.306 e. The number of ether oxygens (including phenoxy) is 1. The average molecular weight is 280 g/mol. The predicted molar refractivity (Wildman–Crippen MR) is 75.2 cm³/mol. The Balaban J connectivity index is 2.19. The number of hydrogen-bond donors (Lipinski definition) is 2. The largest absolute Gasteiger partial charge is 0.504 e. The van der Waals surface area contributed by atoms with Crippen LogP contribution in [0.1, 0.15) is 18.2 Å². The third-order valence-electron chi connectivity index (χ3n) is 3.11. The zero-order valence-electron chi connectivity index (χ0n) is 10.8. The molecule has 2 aromatic rings. The lowest BCUT2D eigenvalue weighted by Crippen LogP contribution is -2.09. The zero-order chi connectivity index (χ0) is 14.0. The number of thiophene rings is 1. The van der Waals surface area contributed by atoms with Gasteiger partial charge in [0.2, 0.25) is 0 Å². The van der Waals surface area contributed by atoms with Crippen LogP contribution in [0, 0.1) is 5.92 Å². The summed E-state index contributed by atoms with van der Waals surface area (Å²) < 4.78 is 6.11. The summed E-state index contributed by atoms with van der Waals surface area (Å²) in [4.78, 5) is 11.9. The second-order valence-corrected chi connectivity index (χ2v) is 5.72. The molecule has 0 amide bonds. The number of phenolic OH excluding ortho intramolecular Hbond substituents is 1. The van der Waals surface area contributed by atoms with Gasteiger partial charge in [-0.1, -0.05) is 6.92 Å². The van der Waals surface area contributed by atoms with Gasteiger partial charge in [0.15, 0.2) is 11.5 Å². The maximum Gasteiger partial charge on any atom is 0.306 e. The van der Waals surface area contributed by atoms with Crippen LogP contribution in [0.25, 0.3) is 10.1 Å². The zero-order valence-corrected chi connectivity index (χ0v) is 11.7. The molecular weight excluding hydrogens is 264 g/mol. The van der Waals surface area contributed by atoms with Crippen molar-refractivity contribution in [1.29, 1.82) is 0 Å². The Hall–Kier alpha value is -1.75. The van der Waals surface area contributed by atoms with E-state index >= 15 is 0 Å². The Morgan fingerprint density at radius 1 is 1.42 bits per heavy atom. The topological polar surface area (TPSA) is 66.8 Å². The molecule has 2 N–H and O–H groups in total. The summed E-state index contributed by atoms with van der Waals surface area (Å²) in [5.74, 6) is -0.522. The highest BCUT2D eigenvalue weighted by Gasteiger charge is 2.12. The number of fused-ring (bicyclic) bond motifs is 1. The fraction of sp³-hybridized carbons (Fsp3) is 0.357. The van der Waals surface area contributed by atoms with Gasteiger partial charge in [-0.05, 0) is 30.4 Å². The number of phenols is 1. The van der Waals surface area contributed by atoms with Crippen LogP contribution < -0.4 is 4.74 Å². The Morgan fingerprint density at radius 2 is 2.16 bits per heavy atom. The van der Waals surface area contributed by atoms with Crippen LogP contribution in [0.2, 0.25) is 0 Å². The molecular formula is C14H16O4S. The molecule has 0 aliphatic rings. The first-order valence-electron chi connectivity index (χ1n) is 6.03. The lowest BCUT2D eigenvalue weighted by atomic mass is 10.1. The minimum Gasteiger partial charge on any atom is -0.504 e. The van der Waals surface area contributed by atoms with Crippen molar-refractivity contribution >= 4 is 27.4 Å². The molecule has 0 aliphatic heterocycles. The maximum atomic E-state index is 10.8. The average Bonchev–Trinajstić information content (AvgIpc) is 2.76. The maximum absolute atomic E-state index is 10.8. The molecule has 1 atom stereocenters. The number of carboxylic acid groups (broad SMARTS) is 1. The number of carboxylic acids is 1. The van der Waals surface area contributed by atoms with Gasteiger partial charge in [-0.2, -0.15) is 0 Å². The van der Waals surface area contributed by atoms with Gasteiger partial charge in [-0.15, -0.1) is 11.3 Å². The van der Waals surface area contributed by atoms with E-state index in [-0.39, 0.29) is 11.7 Å². The molecule has 1 unspecified atom stereocenters. The summed E-state index contributed by atoms with van der Waals surface area (Å²) in [6.45, 7) is 1.71. The fourth-order valence-corrected chi connectivity index (χ4v) is 2.97. The van der Waals surface area contributed by atoms with Crippen molar-refractivity contribution in [2.45, 2.75) is 19.8 Å². The number of aromatic hydroxyl groups is 1. The van der Waals surface area contributed by atoms with E-state index in [1.165, 1.54) is 7.11 Å². The van der Waals surface area contributed by atoms with Gasteiger partial charge >= 0.3 is 5.97 Å². The number of methoxy groups -OCH3 is 1. The predicted octanol–water partition coefficient (Wildman–Crippen LogP) is 3.27.